The minimum Gasteiger partial charge on any atom is -0.481 e. The van der Waals surface area contributed by atoms with E-state index < -0.39 is 6.09 Å². The van der Waals surface area contributed by atoms with Gasteiger partial charge in [-0.15, -0.1) is 0 Å². The topological polar surface area (TPSA) is 128 Å². The Bertz CT molecular complexity index is 1110. The summed E-state index contributed by atoms with van der Waals surface area (Å²) in [5, 5.41) is 11.2. The molecule has 3 aromatic heterocycles. The smallest absolute Gasteiger partial charge is 0.404 e. The second-order valence-corrected chi connectivity index (χ2v) is 6.26. The van der Waals surface area contributed by atoms with E-state index in [2.05, 4.69) is 20.3 Å². The van der Waals surface area contributed by atoms with E-state index in [1.54, 1.807) is 24.4 Å². The number of methoxy groups -OCH3 is 1. The number of rotatable bonds is 4. The van der Waals surface area contributed by atoms with Crippen LogP contribution in [-0.4, -0.2) is 51.0 Å². The van der Waals surface area contributed by atoms with Crippen molar-refractivity contribution in [2.24, 2.45) is 0 Å². The third kappa shape index (κ3) is 3.25. The molecular formula is C18H17N5O5. The Morgan fingerprint density at radius 3 is 3.04 bits per heavy atom. The van der Waals surface area contributed by atoms with Gasteiger partial charge in [-0.25, -0.2) is 9.78 Å². The molecule has 0 fully saturated rings. The summed E-state index contributed by atoms with van der Waals surface area (Å²) in [6.07, 6.45) is 1.70. The summed E-state index contributed by atoms with van der Waals surface area (Å²) in [4.78, 5) is 36.3. The van der Waals surface area contributed by atoms with Crippen LogP contribution in [0, 0.1) is 0 Å². The number of nitrogens with zero attached hydrogens (tertiary/aromatic N) is 4. The van der Waals surface area contributed by atoms with Crippen LogP contribution in [0.2, 0.25) is 0 Å². The molecule has 1 unspecified atom stereocenters. The number of carbonyl (C=O) groups is 1. The largest absolute Gasteiger partial charge is 0.481 e. The van der Waals surface area contributed by atoms with E-state index >= 15 is 0 Å². The van der Waals surface area contributed by atoms with Crippen molar-refractivity contribution in [2.45, 2.75) is 12.5 Å². The first kappa shape index (κ1) is 17.9. The fraction of sp³-hybridized carbons (Fsp3) is 0.278. The Kier molecular flexibility index (Phi) is 4.62. The average molecular weight is 383 g/mol. The van der Waals surface area contributed by atoms with Crippen molar-refractivity contribution in [3.8, 4) is 11.6 Å². The molecular weight excluding hydrogens is 366 g/mol. The average Bonchev–Trinajstić information content (AvgIpc) is 2.71. The van der Waals surface area contributed by atoms with Gasteiger partial charge >= 0.3 is 6.09 Å². The first-order valence-electron chi connectivity index (χ1n) is 8.53. The van der Waals surface area contributed by atoms with Gasteiger partial charge in [0.15, 0.2) is 5.65 Å². The minimum atomic E-state index is -1.10. The molecule has 0 saturated carbocycles. The molecule has 4 heterocycles. The summed E-state index contributed by atoms with van der Waals surface area (Å²) in [6.45, 7) is 0.899. The highest BCUT2D eigenvalue weighted by Crippen LogP contribution is 2.26. The maximum absolute atomic E-state index is 12.5. The third-order valence-corrected chi connectivity index (χ3v) is 4.49. The van der Waals surface area contributed by atoms with Gasteiger partial charge in [-0.3, -0.25) is 14.3 Å². The summed E-state index contributed by atoms with van der Waals surface area (Å²) < 4.78 is 12.2. The van der Waals surface area contributed by atoms with Crippen LogP contribution in [0.3, 0.4) is 0 Å². The van der Waals surface area contributed by atoms with Crippen molar-refractivity contribution in [2.75, 3.05) is 20.3 Å². The molecule has 4 rings (SSSR count). The lowest BCUT2D eigenvalue weighted by atomic mass is 9.98. The molecule has 28 heavy (non-hydrogen) atoms. The summed E-state index contributed by atoms with van der Waals surface area (Å²) in [5.74, 6) is 0.167. The van der Waals surface area contributed by atoms with Crippen LogP contribution < -0.4 is 15.6 Å². The van der Waals surface area contributed by atoms with Crippen LogP contribution in [0.15, 0.2) is 35.4 Å². The standard InChI is InChI=1S/C18H17N5O5/c1-27-14-3-2-13-17(22-14)23(15(24)7-19-13)12-4-10-8-28-9-11(5-21-18(25)26)16(10)20-6-12/h2-4,6-7,11,21H,5,8-9H2,1H3,(H,25,26). The van der Waals surface area contributed by atoms with Crippen LogP contribution in [0.4, 0.5) is 4.79 Å². The van der Waals surface area contributed by atoms with Crippen LogP contribution in [0.1, 0.15) is 17.2 Å². The number of aromatic nitrogens is 4. The molecule has 1 aliphatic heterocycles. The second-order valence-electron chi connectivity index (χ2n) is 6.26. The highest BCUT2D eigenvalue weighted by atomic mass is 16.5. The van der Waals surface area contributed by atoms with E-state index in [0.29, 0.717) is 35.9 Å². The molecule has 0 bridgehead atoms. The molecule has 1 aliphatic rings. The van der Waals surface area contributed by atoms with Gasteiger partial charge in [0, 0.05) is 24.1 Å². The van der Waals surface area contributed by atoms with E-state index in [-0.39, 0.29) is 18.0 Å². The molecule has 0 aromatic carbocycles. The van der Waals surface area contributed by atoms with Gasteiger partial charge in [-0.2, -0.15) is 4.98 Å². The lowest BCUT2D eigenvalue weighted by molar-refractivity contribution is 0.0884. The SMILES string of the molecule is COc1ccc2ncc(=O)n(-c3cnc4c(c3)COCC4CNC(=O)O)c2n1. The second kappa shape index (κ2) is 7.24. The quantitative estimate of drug-likeness (QED) is 0.684. The Balaban J connectivity index is 1.80. The summed E-state index contributed by atoms with van der Waals surface area (Å²) in [5.41, 5.74) is 2.61. The molecule has 1 amide bonds. The Hall–Kier alpha value is -3.53. The van der Waals surface area contributed by atoms with E-state index in [4.69, 9.17) is 14.6 Å². The number of ether oxygens (including phenoxy) is 2. The van der Waals surface area contributed by atoms with Gasteiger partial charge < -0.3 is 19.9 Å². The van der Waals surface area contributed by atoms with Crippen LogP contribution in [0.25, 0.3) is 16.9 Å². The highest BCUT2D eigenvalue weighted by molar-refractivity contribution is 5.72. The Morgan fingerprint density at radius 1 is 1.39 bits per heavy atom. The first-order chi connectivity index (χ1) is 13.6. The predicted molar refractivity (Wildman–Crippen MR) is 97.9 cm³/mol. The third-order valence-electron chi connectivity index (χ3n) is 4.49. The van der Waals surface area contributed by atoms with Crippen LogP contribution >= 0.6 is 0 Å². The molecule has 1 atom stereocenters. The molecule has 0 spiro atoms. The van der Waals surface area contributed by atoms with Gasteiger partial charge in [0.1, 0.15) is 5.52 Å². The zero-order valence-corrected chi connectivity index (χ0v) is 15.0. The fourth-order valence-corrected chi connectivity index (χ4v) is 3.21. The zero-order chi connectivity index (χ0) is 19.7. The Morgan fingerprint density at radius 2 is 2.25 bits per heavy atom. The van der Waals surface area contributed by atoms with E-state index in [1.807, 2.05) is 0 Å². The lowest BCUT2D eigenvalue weighted by Gasteiger charge is -2.25. The van der Waals surface area contributed by atoms with E-state index in [9.17, 15) is 9.59 Å². The van der Waals surface area contributed by atoms with Crippen LogP contribution in [-0.2, 0) is 11.3 Å². The number of hydrogen-bond acceptors (Lipinski definition) is 7. The van der Waals surface area contributed by atoms with Gasteiger partial charge in [0.05, 0.1) is 44.1 Å². The van der Waals surface area contributed by atoms with Crippen molar-refractivity contribution in [1.29, 1.82) is 0 Å². The fourth-order valence-electron chi connectivity index (χ4n) is 3.21. The normalized spacial score (nSPS) is 15.8. The van der Waals surface area contributed by atoms with Gasteiger partial charge in [0.2, 0.25) is 5.88 Å². The summed E-state index contributed by atoms with van der Waals surface area (Å²) in [6, 6.07) is 5.19. The van der Waals surface area contributed by atoms with Gasteiger partial charge in [-0.1, -0.05) is 0 Å². The maximum atomic E-state index is 12.5. The molecule has 0 aliphatic carbocycles. The monoisotopic (exact) mass is 383 g/mol. The molecule has 10 nitrogen and oxygen atoms in total. The molecule has 144 valence electrons. The number of nitrogens with one attached hydrogen (secondary N) is 1. The Labute approximate surface area is 158 Å². The number of fused-ring (bicyclic) bond motifs is 2. The highest BCUT2D eigenvalue weighted by Gasteiger charge is 2.24. The number of pyridine rings is 2. The summed E-state index contributed by atoms with van der Waals surface area (Å²) in [7, 11) is 1.50. The zero-order valence-electron chi connectivity index (χ0n) is 15.0. The predicted octanol–water partition coefficient (Wildman–Crippen LogP) is 1.07. The molecule has 3 aromatic rings. The van der Waals surface area contributed by atoms with Crippen molar-refractivity contribution < 1.29 is 19.4 Å². The summed E-state index contributed by atoms with van der Waals surface area (Å²) >= 11 is 0. The van der Waals surface area contributed by atoms with Crippen molar-refractivity contribution in [3.05, 3.63) is 52.2 Å². The first-order valence-corrected chi connectivity index (χ1v) is 8.53. The number of amides is 1. The molecule has 10 heteroatoms. The molecule has 0 saturated heterocycles. The lowest BCUT2D eigenvalue weighted by Crippen LogP contribution is -2.32. The van der Waals surface area contributed by atoms with Crippen LogP contribution in [0.5, 0.6) is 5.88 Å². The number of hydrogen-bond donors (Lipinski definition) is 2. The molecule has 0 radical (unpaired) electrons. The maximum Gasteiger partial charge on any atom is 0.404 e. The van der Waals surface area contributed by atoms with E-state index in [0.717, 1.165) is 11.3 Å². The minimum absolute atomic E-state index is 0.196. The molecule has 2 N–H and O–H groups in total. The van der Waals surface area contributed by atoms with Gasteiger partial charge in [0.25, 0.3) is 5.56 Å². The van der Waals surface area contributed by atoms with Crippen molar-refractivity contribution >= 4 is 17.3 Å². The number of carboxylic acid groups (broad SMARTS) is 1. The van der Waals surface area contributed by atoms with Gasteiger partial charge in [-0.05, 0) is 12.1 Å². The van der Waals surface area contributed by atoms with Crippen molar-refractivity contribution in [3.63, 3.8) is 0 Å². The van der Waals surface area contributed by atoms with E-state index in [1.165, 1.54) is 17.9 Å². The van der Waals surface area contributed by atoms with Crippen molar-refractivity contribution in [1.82, 2.24) is 24.8 Å².